The molecule has 0 aliphatic heterocycles. The number of esters is 1. The lowest BCUT2D eigenvalue weighted by Gasteiger charge is -2.24. The molecule has 0 radical (unpaired) electrons. The van der Waals surface area contributed by atoms with Crippen LogP contribution >= 0.6 is 12.0 Å². The Labute approximate surface area is 152 Å². The minimum Gasteiger partial charge on any atom is -0.459 e. The van der Waals surface area contributed by atoms with Gasteiger partial charge < -0.3 is 4.74 Å². The zero-order valence-corrected chi connectivity index (χ0v) is 16.2. The summed E-state index contributed by atoms with van der Waals surface area (Å²) >= 11 is 0.508. The van der Waals surface area contributed by atoms with E-state index in [-0.39, 0.29) is 6.42 Å². The Hall–Kier alpha value is -1.17. The maximum absolute atomic E-state index is 12.4. The van der Waals surface area contributed by atoms with Crippen molar-refractivity contribution in [2.45, 2.75) is 38.8 Å². The largest absolute Gasteiger partial charge is 0.459 e. The van der Waals surface area contributed by atoms with Gasteiger partial charge in [-0.25, -0.2) is 13.3 Å². The van der Waals surface area contributed by atoms with Gasteiger partial charge in [-0.05, 0) is 32.8 Å². The molecule has 0 heterocycles. The second kappa shape index (κ2) is 10.1. The van der Waals surface area contributed by atoms with Gasteiger partial charge in [-0.1, -0.05) is 35.4 Å². The number of ether oxygens (including phenoxy) is 1. The smallest absolute Gasteiger partial charge is 0.325 e. The van der Waals surface area contributed by atoms with Gasteiger partial charge in [0.2, 0.25) is 10.0 Å². The van der Waals surface area contributed by atoms with E-state index < -0.39 is 32.7 Å². The van der Waals surface area contributed by atoms with Gasteiger partial charge in [0, 0.05) is 0 Å². The lowest BCUT2D eigenvalue weighted by atomic mass is 10.1. The molecular weight excluding hydrogens is 370 g/mol. The normalized spacial score (nSPS) is 13.4. The molecule has 0 aliphatic rings. The van der Waals surface area contributed by atoms with Crippen molar-refractivity contribution >= 4 is 28.0 Å². The highest BCUT2D eigenvalue weighted by Gasteiger charge is 2.29. The zero-order valence-electron chi connectivity index (χ0n) is 14.6. The molecule has 0 saturated heterocycles. The third-order valence-electron chi connectivity index (χ3n) is 2.64. The Morgan fingerprint density at radius 3 is 2.44 bits per heavy atom. The van der Waals surface area contributed by atoms with Gasteiger partial charge in [-0.2, -0.15) is 4.72 Å². The fourth-order valence-corrected chi connectivity index (χ4v) is 3.42. The fraction of sp³-hybridized carbons (Fsp3) is 0.533. The Morgan fingerprint density at radius 1 is 1.24 bits per heavy atom. The number of benzene rings is 1. The van der Waals surface area contributed by atoms with E-state index in [1.54, 1.807) is 32.9 Å². The van der Waals surface area contributed by atoms with Crippen LogP contribution in [0.3, 0.4) is 0 Å². The molecule has 25 heavy (non-hydrogen) atoms. The van der Waals surface area contributed by atoms with Crippen molar-refractivity contribution in [2.24, 2.45) is 0 Å². The standard InChI is InChI=1S/C15H23NO7S2/c1-15(2,3)21-14(17)13(10-12-8-6-5-7-9-12)16-25(18,19)11-24-23-22-20-4/h5-9,13,16H,10-11H2,1-4H3. The number of hydrogen-bond acceptors (Lipinski definition) is 8. The summed E-state index contributed by atoms with van der Waals surface area (Å²) in [6.07, 6.45) is 0.162. The summed E-state index contributed by atoms with van der Waals surface area (Å²) in [7, 11) is -2.62. The van der Waals surface area contributed by atoms with Crippen LogP contribution in [0.15, 0.2) is 30.3 Å². The van der Waals surface area contributed by atoms with Crippen molar-refractivity contribution < 1.29 is 32.2 Å². The summed E-state index contributed by atoms with van der Waals surface area (Å²) in [4.78, 5) is 16.6. The fourth-order valence-electron chi connectivity index (χ4n) is 1.78. The van der Waals surface area contributed by atoms with Gasteiger partial charge in [0.05, 0.1) is 19.2 Å². The van der Waals surface area contributed by atoms with Gasteiger partial charge in [-0.3, -0.25) is 4.79 Å². The lowest BCUT2D eigenvalue weighted by molar-refractivity contribution is -0.447. The zero-order chi connectivity index (χ0) is 18.9. The molecule has 0 amide bonds. The minimum absolute atomic E-state index is 0.162. The first-order valence-electron chi connectivity index (χ1n) is 7.39. The third-order valence-corrected chi connectivity index (χ3v) is 5.06. The molecule has 1 unspecified atom stereocenters. The monoisotopic (exact) mass is 393 g/mol. The molecule has 1 N–H and O–H groups in total. The number of hydrogen-bond donors (Lipinski definition) is 1. The van der Waals surface area contributed by atoms with Crippen LogP contribution in [0, 0.1) is 0 Å². The predicted molar refractivity (Wildman–Crippen MR) is 93.5 cm³/mol. The summed E-state index contributed by atoms with van der Waals surface area (Å²) in [5, 5.41) is 3.64. The van der Waals surface area contributed by atoms with Crippen molar-refractivity contribution in [3.63, 3.8) is 0 Å². The molecule has 0 fully saturated rings. The Kier molecular flexibility index (Phi) is 8.83. The van der Waals surface area contributed by atoms with Gasteiger partial charge in [-0.15, -0.1) is 4.33 Å². The number of sulfonamides is 1. The summed E-state index contributed by atoms with van der Waals surface area (Å²) in [5.41, 5.74) is 0.0643. The first-order valence-corrected chi connectivity index (χ1v) is 9.95. The summed E-state index contributed by atoms with van der Waals surface area (Å²) in [6.45, 7) is 5.14. The maximum atomic E-state index is 12.4. The first-order chi connectivity index (χ1) is 11.6. The molecule has 0 aliphatic carbocycles. The molecule has 10 heteroatoms. The van der Waals surface area contributed by atoms with E-state index in [4.69, 9.17) is 4.74 Å². The Balaban J connectivity index is 2.81. The molecule has 1 atom stereocenters. The molecular formula is C15H23NO7S2. The highest BCUT2D eigenvalue weighted by molar-refractivity contribution is 8.09. The SMILES string of the molecule is COOOSCS(=O)(=O)NC(Cc1ccccc1)C(=O)OC(C)(C)C. The highest BCUT2D eigenvalue weighted by Crippen LogP contribution is 2.14. The molecule has 0 saturated carbocycles. The molecule has 1 aromatic rings. The molecule has 0 bridgehead atoms. The summed E-state index contributed by atoms with van der Waals surface area (Å²) < 4.78 is 36.4. The first kappa shape index (κ1) is 21.9. The van der Waals surface area contributed by atoms with E-state index in [1.807, 2.05) is 18.2 Å². The summed E-state index contributed by atoms with van der Waals surface area (Å²) in [5.74, 6) is -0.654. The number of rotatable bonds is 10. The van der Waals surface area contributed by atoms with E-state index in [0.717, 1.165) is 5.56 Å². The molecule has 0 aromatic heterocycles. The van der Waals surface area contributed by atoms with E-state index >= 15 is 0 Å². The predicted octanol–water partition coefficient (Wildman–Crippen LogP) is 1.97. The maximum Gasteiger partial charge on any atom is 0.325 e. The Morgan fingerprint density at radius 2 is 1.88 bits per heavy atom. The summed E-state index contributed by atoms with van der Waals surface area (Å²) in [6, 6.07) is 7.99. The Bertz CT molecular complexity index is 629. The van der Waals surface area contributed by atoms with E-state index in [9.17, 15) is 13.2 Å². The van der Waals surface area contributed by atoms with Crippen LogP contribution in [0.25, 0.3) is 0 Å². The van der Waals surface area contributed by atoms with Crippen LogP contribution in [0.4, 0.5) is 0 Å². The van der Waals surface area contributed by atoms with Gasteiger partial charge in [0.25, 0.3) is 0 Å². The average Bonchev–Trinajstić information content (AvgIpc) is 2.50. The van der Waals surface area contributed by atoms with Crippen LogP contribution in [-0.2, 0) is 40.2 Å². The van der Waals surface area contributed by atoms with Crippen LogP contribution in [-0.4, -0.2) is 38.2 Å². The lowest BCUT2D eigenvalue weighted by Crippen LogP contribution is -2.45. The van der Waals surface area contributed by atoms with Crippen LogP contribution in [0.2, 0.25) is 0 Å². The van der Waals surface area contributed by atoms with E-state index in [0.29, 0.717) is 12.0 Å². The van der Waals surface area contributed by atoms with Crippen molar-refractivity contribution in [1.82, 2.24) is 4.72 Å². The minimum atomic E-state index is -3.83. The number of nitrogens with one attached hydrogen (secondary N) is 1. The van der Waals surface area contributed by atoms with Crippen molar-refractivity contribution in [1.29, 1.82) is 0 Å². The van der Waals surface area contributed by atoms with Gasteiger partial charge in [0.15, 0.2) is 0 Å². The van der Waals surface area contributed by atoms with Crippen LogP contribution in [0.5, 0.6) is 0 Å². The van der Waals surface area contributed by atoms with Crippen LogP contribution in [0.1, 0.15) is 26.3 Å². The van der Waals surface area contributed by atoms with Crippen molar-refractivity contribution in [3.05, 3.63) is 35.9 Å². The second-order valence-electron chi connectivity index (χ2n) is 6.05. The third kappa shape index (κ3) is 9.78. The van der Waals surface area contributed by atoms with E-state index in [1.165, 1.54) is 7.11 Å². The number of carbonyl (C=O) groups is 1. The quantitative estimate of drug-likeness (QED) is 0.212. The molecule has 0 spiro atoms. The highest BCUT2D eigenvalue weighted by atomic mass is 32.3. The number of carbonyl (C=O) groups excluding carboxylic acids is 1. The van der Waals surface area contributed by atoms with E-state index in [2.05, 4.69) is 19.0 Å². The van der Waals surface area contributed by atoms with Crippen molar-refractivity contribution in [2.75, 3.05) is 12.2 Å². The van der Waals surface area contributed by atoms with Crippen molar-refractivity contribution in [3.8, 4) is 0 Å². The van der Waals surface area contributed by atoms with Crippen LogP contribution < -0.4 is 4.72 Å². The molecule has 142 valence electrons. The average molecular weight is 393 g/mol. The molecule has 1 rings (SSSR count). The topological polar surface area (TPSA) is 100 Å². The van der Waals surface area contributed by atoms with Gasteiger partial charge in [0.1, 0.15) is 16.7 Å². The second-order valence-corrected chi connectivity index (χ2v) is 8.83. The van der Waals surface area contributed by atoms with Gasteiger partial charge >= 0.3 is 5.97 Å². The molecule has 8 nitrogen and oxygen atoms in total. The molecule has 1 aromatic carbocycles.